The van der Waals surface area contributed by atoms with Crippen LogP contribution in [0.5, 0.6) is 0 Å². The van der Waals surface area contributed by atoms with Gasteiger partial charge in [-0.1, -0.05) is 18.0 Å². The van der Waals surface area contributed by atoms with Crippen LogP contribution in [0, 0.1) is 5.82 Å². The monoisotopic (exact) mass is 403 g/mol. The molecule has 2 fully saturated rings. The van der Waals surface area contributed by atoms with Gasteiger partial charge in [-0.15, -0.1) is 0 Å². The molecular formula is C16H19ClFN3O4S. The van der Waals surface area contributed by atoms with Crippen LogP contribution in [0.4, 0.5) is 14.9 Å². The number of anilines is 1. The first-order chi connectivity index (χ1) is 12.3. The second-order valence-corrected chi connectivity index (χ2v) is 9.21. The molecule has 3 atom stereocenters. The molecule has 0 unspecified atom stereocenters. The van der Waals surface area contributed by atoms with Crippen LogP contribution >= 0.6 is 11.6 Å². The van der Waals surface area contributed by atoms with E-state index >= 15 is 0 Å². The van der Waals surface area contributed by atoms with Crippen molar-refractivity contribution >= 4 is 39.1 Å². The topological polar surface area (TPSA) is 104 Å². The van der Waals surface area contributed by atoms with Crippen molar-refractivity contribution in [2.45, 2.75) is 43.0 Å². The van der Waals surface area contributed by atoms with E-state index in [-0.39, 0.29) is 35.2 Å². The number of carbonyl (C=O) groups is 2. The lowest BCUT2D eigenvalue weighted by atomic mass is 10.0. The van der Waals surface area contributed by atoms with Crippen LogP contribution in [0.3, 0.4) is 0 Å². The van der Waals surface area contributed by atoms with Gasteiger partial charge in [0.1, 0.15) is 5.82 Å². The number of rotatable bonds is 6. The van der Waals surface area contributed by atoms with E-state index in [0.29, 0.717) is 24.9 Å². The number of sulfone groups is 1. The zero-order chi connectivity index (χ0) is 18.9. The molecule has 0 aromatic heterocycles. The molecule has 0 bridgehead atoms. The predicted molar refractivity (Wildman–Crippen MR) is 95.3 cm³/mol. The molecule has 0 spiro atoms. The Morgan fingerprint density at radius 2 is 2.08 bits per heavy atom. The van der Waals surface area contributed by atoms with Gasteiger partial charge in [-0.05, 0) is 31.0 Å². The van der Waals surface area contributed by atoms with Crippen molar-refractivity contribution in [3.8, 4) is 0 Å². The van der Waals surface area contributed by atoms with Crippen LogP contribution in [0.15, 0.2) is 18.2 Å². The fraction of sp³-hybridized carbons (Fsp3) is 0.500. The number of hydrogen-bond donors (Lipinski definition) is 3. The molecule has 0 radical (unpaired) electrons. The maximum absolute atomic E-state index is 13.0. The Hall–Kier alpha value is -1.87. The number of fused-ring (bicyclic) bond motifs is 1. The van der Waals surface area contributed by atoms with E-state index in [2.05, 4.69) is 16.0 Å². The largest absolute Gasteiger partial charge is 0.332 e. The number of urea groups is 1. The van der Waals surface area contributed by atoms with Crippen molar-refractivity contribution in [2.75, 3.05) is 11.1 Å². The average molecular weight is 404 g/mol. The fourth-order valence-corrected chi connectivity index (χ4v) is 5.92. The Morgan fingerprint density at radius 1 is 1.31 bits per heavy atom. The average Bonchev–Trinajstić information content (AvgIpc) is 2.99. The van der Waals surface area contributed by atoms with Crippen LogP contribution in [0.25, 0.3) is 0 Å². The van der Waals surface area contributed by atoms with E-state index in [1.807, 2.05) is 0 Å². The summed E-state index contributed by atoms with van der Waals surface area (Å²) < 4.78 is 37.4. The number of hydrogen-bond acceptors (Lipinski definition) is 4. The van der Waals surface area contributed by atoms with Gasteiger partial charge in [0, 0.05) is 6.42 Å². The first-order valence-corrected chi connectivity index (χ1v) is 10.4. The van der Waals surface area contributed by atoms with Crippen LogP contribution in [0.1, 0.15) is 25.7 Å². The van der Waals surface area contributed by atoms with Crippen LogP contribution < -0.4 is 16.0 Å². The van der Waals surface area contributed by atoms with Crippen molar-refractivity contribution < 1.29 is 22.4 Å². The molecule has 2 saturated heterocycles. The van der Waals surface area contributed by atoms with E-state index in [4.69, 9.17) is 11.6 Å². The highest BCUT2D eigenvalue weighted by molar-refractivity contribution is 7.92. The molecule has 26 heavy (non-hydrogen) atoms. The van der Waals surface area contributed by atoms with E-state index in [1.165, 1.54) is 12.1 Å². The van der Waals surface area contributed by atoms with E-state index in [1.54, 1.807) is 0 Å². The Morgan fingerprint density at radius 3 is 2.81 bits per heavy atom. The lowest BCUT2D eigenvalue weighted by Crippen LogP contribution is -2.39. The number of benzene rings is 1. The number of amides is 3. The molecule has 2 heterocycles. The molecule has 2 aliphatic rings. The van der Waals surface area contributed by atoms with Crippen molar-refractivity contribution in [1.82, 2.24) is 10.6 Å². The number of halogens is 2. The normalized spacial score (nSPS) is 26.1. The van der Waals surface area contributed by atoms with Crippen LogP contribution in [-0.4, -0.2) is 43.4 Å². The molecule has 0 saturated carbocycles. The Bertz CT molecular complexity index is 833. The van der Waals surface area contributed by atoms with E-state index < -0.39 is 26.9 Å². The highest BCUT2D eigenvalue weighted by Gasteiger charge is 2.51. The SMILES string of the molecule is O=C(CCCC[C@@H]1[C@@H]2NC(=O)N[C@@H]2CS1(=O)=O)Nc1ccc(F)cc1Cl. The maximum Gasteiger partial charge on any atom is 0.315 e. The zero-order valence-corrected chi connectivity index (χ0v) is 15.4. The summed E-state index contributed by atoms with van der Waals surface area (Å²) in [6.07, 6.45) is 1.61. The van der Waals surface area contributed by atoms with Gasteiger partial charge in [0.25, 0.3) is 0 Å². The summed E-state index contributed by atoms with van der Waals surface area (Å²) in [5, 5.41) is 7.37. The quantitative estimate of drug-likeness (QED) is 0.497. The van der Waals surface area contributed by atoms with Gasteiger partial charge in [-0.25, -0.2) is 17.6 Å². The summed E-state index contributed by atoms with van der Waals surface area (Å²) in [6, 6.07) is 2.59. The van der Waals surface area contributed by atoms with Crippen molar-refractivity contribution in [1.29, 1.82) is 0 Å². The summed E-state index contributed by atoms with van der Waals surface area (Å²) in [4.78, 5) is 23.3. The highest BCUT2D eigenvalue weighted by Crippen LogP contribution is 2.28. The molecular weight excluding hydrogens is 385 g/mol. The van der Waals surface area contributed by atoms with Crippen molar-refractivity contribution in [3.63, 3.8) is 0 Å². The standard InChI is InChI=1S/C16H19ClFN3O4S/c17-10-7-9(18)5-6-11(10)19-14(22)4-2-1-3-13-15-12(8-26(13,24)25)20-16(23)21-15/h5-7,12-13,15H,1-4,8H2,(H,19,22)(H2,20,21,23)/t12-,13-,15-/m1/s1. The van der Waals surface area contributed by atoms with Crippen molar-refractivity contribution in [3.05, 3.63) is 29.0 Å². The minimum atomic E-state index is -3.26. The molecule has 3 N–H and O–H groups in total. The predicted octanol–water partition coefficient (Wildman–Crippen LogP) is 1.82. The van der Waals surface area contributed by atoms with Gasteiger partial charge in [-0.3, -0.25) is 4.79 Å². The van der Waals surface area contributed by atoms with Gasteiger partial charge in [0.15, 0.2) is 9.84 Å². The first kappa shape index (κ1) is 18.9. The second-order valence-electron chi connectivity index (χ2n) is 6.54. The summed E-state index contributed by atoms with van der Waals surface area (Å²) in [7, 11) is -3.26. The van der Waals surface area contributed by atoms with Crippen molar-refractivity contribution in [2.24, 2.45) is 0 Å². The molecule has 1 aromatic rings. The first-order valence-electron chi connectivity index (χ1n) is 8.30. The molecule has 142 valence electrons. The number of nitrogens with one attached hydrogen (secondary N) is 3. The Labute approximate surface area is 155 Å². The molecule has 10 heteroatoms. The van der Waals surface area contributed by atoms with E-state index in [9.17, 15) is 22.4 Å². The molecule has 1 aromatic carbocycles. The molecule has 7 nitrogen and oxygen atoms in total. The third-order valence-electron chi connectivity index (χ3n) is 4.67. The molecule has 2 aliphatic heterocycles. The maximum atomic E-state index is 13.0. The lowest BCUT2D eigenvalue weighted by Gasteiger charge is -2.16. The molecule has 3 rings (SSSR count). The van der Waals surface area contributed by atoms with Crippen LogP contribution in [0.2, 0.25) is 5.02 Å². The summed E-state index contributed by atoms with van der Waals surface area (Å²) >= 11 is 5.85. The summed E-state index contributed by atoms with van der Waals surface area (Å²) in [6.45, 7) is 0. The third kappa shape index (κ3) is 4.09. The molecule has 0 aliphatic carbocycles. The third-order valence-corrected chi connectivity index (χ3v) is 7.26. The van der Waals surface area contributed by atoms with Crippen LogP contribution in [-0.2, 0) is 14.6 Å². The Kier molecular flexibility index (Phi) is 5.38. The van der Waals surface area contributed by atoms with Gasteiger partial charge in [-0.2, -0.15) is 0 Å². The minimum absolute atomic E-state index is 0.0510. The smallest absolute Gasteiger partial charge is 0.315 e. The van der Waals surface area contributed by atoms with E-state index in [0.717, 1.165) is 6.07 Å². The fourth-order valence-electron chi connectivity index (χ4n) is 3.44. The van der Waals surface area contributed by atoms with Gasteiger partial charge in [0.05, 0.1) is 33.8 Å². The minimum Gasteiger partial charge on any atom is -0.332 e. The summed E-state index contributed by atoms with van der Waals surface area (Å²) in [5.41, 5.74) is 0.332. The number of carbonyl (C=O) groups excluding carboxylic acids is 2. The van der Waals surface area contributed by atoms with Gasteiger partial charge < -0.3 is 16.0 Å². The lowest BCUT2D eigenvalue weighted by molar-refractivity contribution is -0.116. The van der Waals surface area contributed by atoms with Gasteiger partial charge in [0.2, 0.25) is 5.91 Å². The van der Waals surface area contributed by atoms with Gasteiger partial charge >= 0.3 is 6.03 Å². The molecule has 3 amide bonds. The second kappa shape index (κ2) is 7.40. The Balaban J connectivity index is 1.46. The summed E-state index contributed by atoms with van der Waals surface area (Å²) in [5.74, 6) is -0.816. The zero-order valence-electron chi connectivity index (χ0n) is 13.8. The number of unbranched alkanes of at least 4 members (excludes halogenated alkanes) is 1. The highest BCUT2D eigenvalue weighted by atomic mass is 35.5.